The van der Waals surface area contributed by atoms with Crippen LogP contribution in [0.2, 0.25) is 0 Å². The molecule has 0 unspecified atom stereocenters. The molecule has 4 aliphatic rings. The summed E-state index contributed by atoms with van der Waals surface area (Å²) in [6.07, 6.45) is 1.41. The molecular formula is C39H52F3N3O5. The zero-order valence-electron chi connectivity index (χ0n) is 29.8. The van der Waals surface area contributed by atoms with Gasteiger partial charge in [0.25, 0.3) is 0 Å². The summed E-state index contributed by atoms with van der Waals surface area (Å²) in [6, 6.07) is 12.2. The average Bonchev–Trinajstić information content (AvgIpc) is 3.69. The highest BCUT2D eigenvalue weighted by Gasteiger charge is 2.54. The van der Waals surface area contributed by atoms with Crippen LogP contribution in [-0.2, 0) is 20.5 Å². The van der Waals surface area contributed by atoms with Gasteiger partial charge in [-0.2, -0.15) is 13.2 Å². The Bertz CT molecular complexity index is 1500. The smallest absolute Gasteiger partial charge is 0.416 e. The summed E-state index contributed by atoms with van der Waals surface area (Å²) in [5, 5.41) is 9.54. The van der Waals surface area contributed by atoms with E-state index in [9.17, 15) is 23.1 Å². The minimum Gasteiger partial charge on any atom is -0.497 e. The van der Waals surface area contributed by atoms with E-state index in [-0.39, 0.29) is 23.8 Å². The maximum atomic E-state index is 15.1. The minimum atomic E-state index is -4.52. The first-order valence-electron chi connectivity index (χ1n) is 18.2. The molecule has 50 heavy (non-hydrogen) atoms. The van der Waals surface area contributed by atoms with E-state index in [0.717, 1.165) is 42.3 Å². The first-order valence-corrected chi connectivity index (χ1v) is 18.2. The van der Waals surface area contributed by atoms with Crippen LogP contribution in [0.5, 0.6) is 5.75 Å². The fourth-order valence-corrected chi connectivity index (χ4v) is 9.22. The van der Waals surface area contributed by atoms with E-state index in [4.69, 9.17) is 9.47 Å². The number of anilines is 1. The van der Waals surface area contributed by atoms with Gasteiger partial charge in [0.05, 0.1) is 36.7 Å². The molecule has 0 spiro atoms. The third-order valence-electron chi connectivity index (χ3n) is 12.2. The molecule has 3 saturated heterocycles. The molecule has 3 heterocycles. The van der Waals surface area contributed by atoms with Crippen LogP contribution in [0.3, 0.4) is 0 Å². The van der Waals surface area contributed by atoms with Crippen molar-refractivity contribution in [3.8, 4) is 5.75 Å². The molecule has 1 aliphatic carbocycles. The van der Waals surface area contributed by atoms with Gasteiger partial charge in [0.2, 0.25) is 5.91 Å². The van der Waals surface area contributed by atoms with Crippen molar-refractivity contribution in [1.82, 2.24) is 9.80 Å². The van der Waals surface area contributed by atoms with Crippen molar-refractivity contribution in [3.05, 3.63) is 59.2 Å². The number of hydrogen-bond donors (Lipinski definition) is 1. The number of nitrogens with zero attached hydrogens (tertiary/aromatic N) is 3. The van der Waals surface area contributed by atoms with Gasteiger partial charge in [-0.3, -0.25) is 14.5 Å². The van der Waals surface area contributed by atoms with Crippen LogP contribution >= 0.6 is 0 Å². The van der Waals surface area contributed by atoms with E-state index in [0.29, 0.717) is 69.7 Å². The molecule has 4 fully saturated rings. The van der Waals surface area contributed by atoms with Gasteiger partial charge in [-0.15, -0.1) is 0 Å². The highest BCUT2D eigenvalue weighted by Crippen LogP contribution is 2.49. The predicted molar refractivity (Wildman–Crippen MR) is 186 cm³/mol. The highest BCUT2D eigenvalue weighted by molar-refractivity contribution is 5.85. The number of carbonyl (C=O) groups is 2. The first-order chi connectivity index (χ1) is 23.8. The number of aliphatic carboxylic acids is 1. The van der Waals surface area contributed by atoms with E-state index in [1.54, 1.807) is 20.3 Å². The minimum absolute atomic E-state index is 0.0420. The van der Waals surface area contributed by atoms with Crippen molar-refractivity contribution >= 4 is 17.6 Å². The summed E-state index contributed by atoms with van der Waals surface area (Å²) in [4.78, 5) is 33.1. The quantitative estimate of drug-likeness (QED) is 0.301. The number of rotatable bonds is 9. The van der Waals surface area contributed by atoms with E-state index < -0.39 is 29.0 Å². The molecule has 6 rings (SSSR count). The number of benzene rings is 2. The van der Waals surface area contributed by atoms with Gasteiger partial charge in [0.15, 0.2) is 0 Å². The van der Waals surface area contributed by atoms with Crippen molar-refractivity contribution in [3.63, 3.8) is 0 Å². The Balaban J connectivity index is 1.31. The number of methoxy groups -OCH3 is 2. The summed E-state index contributed by atoms with van der Waals surface area (Å²) < 4.78 is 53.1. The van der Waals surface area contributed by atoms with E-state index in [1.165, 1.54) is 18.9 Å². The molecular weight excluding hydrogens is 647 g/mol. The van der Waals surface area contributed by atoms with Crippen LogP contribution in [0.4, 0.5) is 18.9 Å². The van der Waals surface area contributed by atoms with E-state index >= 15 is 4.79 Å². The maximum absolute atomic E-state index is 15.1. The molecule has 11 heteroatoms. The van der Waals surface area contributed by atoms with Crippen LogP contribution in [0.1, 0.15) is 87.3 Å². The number of carboxylic acid groups (broad SMARTS) is 1. The number of ether oxygens (including phenoxy) is 2. The van der Waals surface area contributed by atoms with Gasteiger partial charge in [-0.25, -0.2) is 0 Å². The maximum Gasteiger partial charge on any atom is 0.416 e. The van der Waals surface area contributed by atoms with Crippen molar-refractivity contribution in [1.29, 1.82) is 0 Å². The molecule has 1 saturated carbocycles. The first kappa shape index (κ1) is 36.5. The Labute approximate surface area is 293 Å². The number of piperidine rings is 1. The van der Waals surface area contributed by atoms with Crippen molar-refractivity contribution in [2.75, 3.05) is 58.5 Å². The van der Waals surface area contributed by atoms with Crippen molar-refractivity contribution in [2.24, 2.45) is 17.3 Å². The van der Waals surface area contributed by atoms with Gasteiger partial charge in [-0.05, 0) is 93.2 Å². The zero-order valence-corrected chi connectivity index (χ0v) is 29.8. The Kier molecular flexibility index (Phi) is 10.8. The van der Waals surface area contributed by atoms with Crippen molar-refractivity contribution < 1.29 is 37.3 Å². The van der Waals surface area contributed by atoms with E-state index in [2.05, 4.69) is 30.9 Å². The lowest BCUT2D eigenvalue weighted by molar-refractivity contribution is -0.143. The molecule has 4 atom stereocenters. The molecule has 8 nitrogen and oxygen atoms in total. The predicted octanol–water partition coefficient (Wildman–Crippen LogP) is 7.03. The third kappa shape index (κ3) is 7.36. The molecule has 0 radical (unpaired) electrons. The second-order valence-electron chi connectivity index (χ2n) is 15.5. The van der Waals surface area contributed by atoms with Gasteiger partial charge in [0.1, 0.15) is 5.75 Å². The van der Waals surface area contributed by atoms with Crippen LogP contribution in [-0.4, -0.2) is 92.4 Å². The van der Waals surface area contributed by atoms with Gasteiger partial charge >= 0.3 is 12.1 Å². The Hall–Kier alpha value is -3.31. The standard InChI is InChI=1S/C39H52F3N3O5/c1-25-5-10-30(11-6-25)44-22-34(26-7-12-32(50-4)13-8-26)38(2,24-44)37(48)45-21-28(19-31(45)23-49-3)33-14-9-29(39(40,41)42)20-35(33)43-17-15-27(16-18-43)36(46)47/h7-9,12-14,20,25,27-28,30-31,34H,5-6,10-11,15-19,21-24H2,1-4H3,(H,46,47)/t25?,28-,30?,31+,34-,38+/m0/s1. The van der Waals surface area contributed by atoms with Gasteiger partial charge < -0.3 is 24.4 Å². The second kappa shape index (κ2) is 14.7. The van der Waals surface area contributed by atoms with Crippen LogP contribution in [0.15, 0.2) is 42.5 Å². The number of amides is 1. The van der Waals surface area contributed by atoms with Crippen LogP contribution in [0, 0.1) is 17.3 Å². The lowest BCUT2D eigenvalue weighted by Gasteiger charge is -2.37. The Morgan fingerprint density at radius 2 is 1.64 bits per heavy atom. The molecule has 0 aromatic heterocycles. The molecule has 3 aliphatic heterocycles. The lowest BCUT2D eigenvalue weighted by atomic mass is 9.74. The van der Waals surface area contributed by atoms with E-state index in [1.807, 2.05) is 21.9 Å². The largest absolute Gasteiger partial charge is 0.497 e. The Morgan fingerprint density at radius 1 is 0.960 bits per heavy atom. The molecule has 2 aromatic rings. The second-order valence-corrected chi connectivity index (χ2v) is 15.5. The molecule has 0 bridgehead atoms. The summed E-state index contributed by atoms with van der Waals surface area (Å²) in [5.41, 5.74) is 0.904. The molecule has 274 valence electrons. The van der Waals surface area contributed by atoms with Crippen LogP contribution in [0.25, 0.3) is 0 Å². The summed E-state index contributed by atoms with van der Waals surface area (Å²) in [5.74, 6) is -0.0760. The topological polar surface area (TPSA) is 82.5 Å². The number of hydrogen-bond acceptors (Lipinski definition) is 6. The van der Waals surface area contributed by atoms with Crippen LogP contribution < -0.4 is 9.64 Å². The number of alkyl halides is 3. The highest BCUT2D eigenvalue weighted by atomic mass is 19.4. The average molecular weight is 700 g/mol. The number of carbonyl (C=O) groups excluding carboxylic acids is 1. The van der Waals surface area contributed by atoms with Crippen molar-refractivity contribution in [2.45, 2.75) is 88.9 Å². The Morgan fingerprint density at radius 3 is 2.24 bits per heavy atom. The zero-order chi connectivity index (χ0) is 35.8. The molecule has 1 amide bonds. The fraction of sp³-hybridized carbons (Fsp3) is 0.641. The monoisotopic (exact) mass is 699 g/mol. The summed E-state index contributed by atoms with van der Waals surface area (Å²) in [6.45, 7) is 7.27. The number of likely N-dealkylation sites (tertiary alicyclic amines) is 2. The summed E-state index contributed by atoms with van der Waals surface area (Å²) in [7, 11) is 3.26. The summed E-state index contributed by atoms with van der Waals surface area (Å²) >= 11 is 0. The molecule has 1 N–H and O–H groups in total. The normalized spacial score (nSPS) is 29.8. The lowest BCUT2D eigenvalue weighted by Crippen LogP contribution is -2.49. The SMILES string of the molecule is COC[C@H]1C[C@H](c2ccc(C(F)(F)F)cc2N2CCC(C(=O)O)CC2)CN1C(=O)[C@]1(C)CN(C2CCC(C)CC2)C[C@H]1c1ccc(OC)cc1. The number of halogens is 3. The number of carboxylic acids is 1. The van der Waals surface area contributed by atoms with Gasteiger partial charge in [-0.1, -0.05) is 25.1 Å². The fourth-order valence-electron chi connectivity index (χ4n) is 9.22. The third-order valence-corrected chi connectivity index (χ3v) is 12.2. The van der Waals surface area contributed by atoms with Gasteiger partial charge in [0, 0.05) is 63.4 Å². The molecule has 2 aromatic carbocycles.